The van der Waals surface area contributed by atoms with Crippen molar-refractivity contribution in [3.05, 3.63) is 27.7 Å². The second-order valence-electron chi connectivity index (χ2n) is 5.23. The van der Waals surface area contributed by atoms with Crippen molar-refractivity contribution < 1.29 is 14.7 Å². The third-order valence-electron chi connectivity index (χ3n) is 3.56. The van der Waals surface area contributed by atoms with E-state index in [2.05, 4.69) is 21.2 Å². The number of nitrogens with one attached hydrogen (secondary N) is 1. The summed E-state index contributed by atoms with van der Waals surface area (Å²) >= 11 is 9.20. The number of carbonyl (C=O) groups excluding carboxylic acids is 1. The molecule has 1 fully saturated rings. The summed E-state index contributed by atoms with van der Waals surface area (Å²) in [5.74, 6) is -2.35. The molecule has 0 spiro atoms. The number of aliphatic carboxylic acids is 1. The van der Waals surface area contributed by atoms with Crippen LogP contribution in [-0.2, 0) is 9.59 Å². The summed E-state index contributed by atoms with van der Waals surface area (Å²) < 4.78 is 0.738. The maximum atomic E-state index is 12.1. The van der Waals surface area contributed by atoms with Gasteiger partial charge in [-0.3, -0.25) is 9.59 Å². The smallest absolute Gasteiger partial charge is 0.307 e. The molecule has 0 aliphatic heterocycles. The van der Waals surface area contributed by atoms with Crippen LogP contribution in [0.3, 0.4) is 0 Å². The molecule has 102 valence electrons. The molecule has 2 rings (SSSR count). The molecule has 0 unspecified atom stereocenters. The quantitative estimate of drug-likeness (QED) is 0.881. The van der Waals surface area contributed by atoms with E-state index in [-0.39, 0.29) is 5.91 Å². The van der Waals surface area contributed by atoms with Crippen LogP contribution in [0.5, 0.6) is 0 Å². The summed E-state index contributed by atoms with van der Waals surface area (Å²) in [5, 5.41) is 12.2. The Morgan fingerprint density at radius 3 is 2.47 bits per heavy atom. The first kappa shape index (κ1) is 14.3. The number of anilines is 1. The Morgan fingerprint density at radius 1 is 1.37 bits per heavy atom. The second-order valence-corrected chi connectivity index (χ2v) is 6.49. The number of rotatable bonds is 3. The highest BCUT2D eigenvalue weighted by atomic mass is 79.9. The molecular weight excluding hydrogens is 334 g/mol. The normalized spacial score (nSPS) is 23.8. The zero-order valence-electron chi connectivity index (χ0n) is 10.4. The fraction of sp³-hybridized carbons (Fsp3) is 0.385. The second kappa shape index (κ2) is 4.80. The van der Waals surface area contributed by atoms with Gasteiger partial charge in [0.05, 0.1) is 16.9 Å². The van der Waals surface area contributed by atoms with Crippen LogP contribution in [0.25, 0.3) is 0 Å². The van der Waals surface area contributed by atoms with Gasteiger partial charge < -0.3 is 10.4 Å². The van der Waals surface area contributed by atoms with Crippen molar-refractivity contribution in [1.29, 1.82) is 0 Å². The van der Waals surface area contributed by atoms with E-state index in [0.717, 1.165) is 4.47 Å². The maximum Gasteiger partial charge on any atom is 0.307 e. The van der Waals surface area contributed by atoms with Gasteiger partial charge >= 0.3 is 5.97 Å². The van der Waals surface area contributed by atoms with Crippen molar-refractivity contribution in [3.8, 4) is 0 Å². The first-order valence-corrected chi connectivity index (χ1v) is 6.91. The molecule has 0 heterocycles. The predicted molar refractivity (Wildman–Crippen MR) is 76.2 cm³/mol. The van der Waals surface area contributed by atoms with Gasteiger partial charge in [0.1, 0.15) is 0 Å². The summed E-state index contributed by atoms with van der Waals surface area (Å²) in [5.41, 5.74) is 0.0553. The van der Waals surface area contributed by atoms with Crippen molar-refractivity contribution in [2.24, 2.45) is 17.3 Å². The lowest BCUT2D eigenvalue weighted by Gasteiger charge is -2.07. The van der Waals surface area contributed by atoms with E-state index in [1.54, 1.807) is 32.0 Å². The third kappa shape index (κ3) is 2.62. The molecule has 19 heavy (non-hydrogen) atoms. The Kier molecular flexibility index (Phi) is 3.62. The highest BCUT2D eigenvalue weighted by Gasteiger charge is 2.65. The van der Waals surface area contributed by atoms with Gasteiger partial charge in [0.15, 0.2) is 0 Å². The van der Waals surface area contributed by atoms with Gasteiger partial charge in [0.25, 0.3) is 0 Å². The molecule has 1 saturated carbocycles. The minimum atomic E-state index is -0.931. The van der Waals surface area contributed by atoms with E-state index in [0.29, 0.717) is 10.7 Å². The van der Waals surface area contributed by atoms with Crippen LogP contribution in [0.4, 0.5) is 5.69 Å². The van der Waals surface area contributed by atoms with Crippen LogP contribution in [-0.4, -0.2) is 17.0 Å². The van der Waals surface area contributed by atoms with Crippen LogP contribution in [0.15, 0.2) is 22.7 Å². The topological polar surface area (TPSA) is 66.4 Å². The van der Waals surface area contributed by atoms with Gasteiger partial charge in [-0.2, -0.15) is 0 Å². The summed E-state index contributed by atoms with van der Waals surface area (Å²) in [4.78, 5) is 23.1. The fourth-order valence-corrected chi connectivity index (χ4v) is 2.81. The van der Waals surface area contributed by atoms with E-state index >= 15 is 0 Å². The highest BCUT2D eigenvalue weighted by Crippen LogP contribution is 2.58. The van der Waals surface area contributed by atoms with Crippen LogP contribution in [0, 0.1) is 17.3 Å². The first-order valence-electron chi connectivity index (χ1n) is 5.74. The zero-order valence-corrected chi connectivity index (χ0v) is 12.7. The molecule has 1 aromatic rings. The number of halogens is 2. The lowest BCUT2D eigenvalue weighted by molar-refractivity contribution is -0.140. The molecule has 0 radical (unpaired) electrons. The van der Waals surface area contributed by atoms with Crippen molar-refractivity contribution in [2.45, 2.75) is 13.8 Å². The number of hydrogen-bond acceptors (Lipinski definition) is 2. The van der Waals surface area contributed by atoms with E-state index in [4.69, 9.17) is 16.7 Å². The molecule has 1 aromatic carbocycles. The Balaban J connectivity index is 2.10. The van der Waals surface area contributed by atoms with Gasteiger partial charge in [-0.15, -0.1) is 0 Å². The minimum absolute atomic E-state index is 0.282. The van der Waals surface area contributed by atoms with Crippen LogP contribution < -0.4 is 5.32 Å². The van der Waals surface area contributed by atoms with Crippen LogP contribution in [0.1, 0.15) is 13.8 Å². The van der Waals surface area contributed by atoms with Gasteiger partial charge in [-0.25, -0.2) is 0 Å². The molecule has 6 heteroatoms. The Bertz CT molecular complexity index is 559. The highest BCUT2D eigenvalue weighted by molar-refractivity contribution is 9.10. The molecule has 1 amide bonds. The molecular formula is C13H13BrClNO3. The Morgan fingerprint density at radius 2 is 2.00 bits per heavy atom. The van der Waals surface area contributed by atoms with Crippen LogP contribution in [0.2, 0.25) is 5.02 Å². The van der Waals surface area contributed by atoms with Crippen LogP contribution >= 0.6 is 27.5 Å². The van der Waals surface area contributed by atoms with Gasteiger partial charge in [0.2, 0.25) is 5.91 Å². The van der Waals surface area contributed by atoms with E-state index in [9.17, 15) is 9.59 Å². The molecule has 1 aliphatic rings. The largest absolute Gasteiger partial charge is 0.481 e. The summed E-state index contributed by atoms with van der Waals surface area (Å²) in [7, 11) is 0. The number of amides is 1. The summed E-state index contributed by atoms with van der Waals surface area (Å²) in [6.07, 6.45) is 0. The monoisotopic (exact) mass is 345 g/mol. The molecule has 0 saturated heterocycles. The molecule has 2 atom stereocenters. The van der Waals surface area contributed by atoms with Crippen molar-refractivity contribution in [2.75, 3.05) is 5.32 Å². The predicted octanol–water partition coefficient (Wildman–Crippen LogP) is 3.40. The van der Waals surface area contributed by atoms with Gasteiger partial charge in [0, 0.05) is 10.2 Å². The summed E-state index contributed by atoms with van der Waals surface area (Å²) in [6, 6.07) is 5.05. The fourth-order valence-electron chi connectivity index (χ4n) is 2.38. The Labute approximate surface area is 124 Å². The minimum Gasteiger partial charge on any atom is -0.481 e. The van der Waals surface area contributed by atoms with Gasteiger partial charge in [-0.1, -0.05) is 25.4 Å². The van der Waals surface area contributed by atoms with Gasteiger partial charge in [-0.05, 0) is 39.5 Å². The number of hydrogen-bond donors (Lipinski definition) is 2. The van der Waals surface area contributed by atoms with E-state index < -0.39 is 23.2 Å². The molecule has 0 aromatic heterocycles. The lowest BCUT2D eigenvalue weighted by Crippen LogP contribution is -2.17. The molecule has 4 nitrogen and oxygen atoms in total. The summed E-state index contributed by atoms with van der Waals surface area (Å²) in [6.45, 7) is 3.56. The van der Waals surface area contributed by atoms with E-state index in [1.807, 2.05) is 0 Å². The molecule has 1 aliphatic carbocycles. The third-order valence-corrected chi connectivity index (χ3v) is 4.80. The lowest BCUT2D eigenvalue weighted by atomic mass is 10.1. The number of carboxylic acid groups (broad SMARTS) is 1. The average molecular weight is 347 g/mol. The average Bonchev–Trinajstić information content (AvgIpc) is 2.87. The molecule has 0 bridgehead atoms. The molecule has 2 N–H and O–H groups in total. The van der Waals surface area contributed by atoms with Crippen molar-refractivity contribution in [1.82, 2.24) is 0 Å². The zero-order chi connectivity index (χ0) is 14.4. The number of benzene rings is 1. The SMILES string of the molecule is CC1(C)[C@H](C(=O)O)[C@@H]1C(=O)Nc1ccc(Br)c(Cl)c1. The van der Waals surface area contributed by atoms with Crippen molar-refractivity contribution in [3.63, 3.8) is 0 Å². The van der Waals surface area contributed by atoms with Crippen molar-refractivity contribution >= 4 is 45.1 Å². The standard InChI is InChI=1S/C13H13BrClNO3/c1-13(2)9(10(13)12(18)19)11(17)16-6-3-4-7(14)8(15)5-6/h3-5,9-10H,1-2H3,(H,16,17)(H,18,19)/t9-,10+/m1/s1. The first-order chi connectivity index (χ1) is 8.75. The van der Waals surface area contributed by atoms with E-state index in [1.165, 1.54) is 0 Å². The Hall–Kier alpha value is -1.07. The number of carbonyl (C=O) groups is 2. The number of carboxylic acids is 1. The maximum absolute atomic E-state index is 12.1.